The van der Waals surface area contributed by atoms with Crippen LogP contribution in [0.1, 0.15) is 18.1 Å². The van der Waals surface area contributed by atoms with Crippen molar-refractivity contribution >= 4 is 5.97 Å². The normalized spacial score (nSPS) is 15.7. The average Bonchev–Trinajstić information content (AvgIpc) is 2.95. The second-order valence-corrected chi connectivity index (χ2v) is 5.06. The van der Waals surface area contributed by atoms with E-state index < -0.39 is 17.4 Å². The van der Waals surface area contributed by atoms with Gasteiger partial charge in [0.05, 0.1) is 6.61 Å². The van der Waals surface area contributed by atoms with Crippen molar-refractivity contribution in [2.24, 2.45) is 10.2 Å². The van der Waals surface area contributed by atoms with Gasteiger partial charge in [-0.3, -0.25) is 0 Å². The number of hydrogen-bond donors (Lipinski definition) is 1. The van der Waals surface area contributed by atoms with Crippen LogP contribution >= 0.6 is 0 Å². The number of azo groups is 1. The molecule has 0 amide bonds. The molecule has 0 saturated carbocycles. The predicted octanol–water partition coefficient (Wildman–Crippen LogP) is 3.73. The molecule has 0 atom stereocenters. The largest absolute Gasteiger partial charge is 0.492 e. The summed E-state index contributed by atoms with van der Waals surface area (Å²) in [6.07, 6.45) is 0. The van der Waals surface area contributed by atoms with Gasteiger partial charge in [-0.2, -0.15) is 5.11 Å². The number of nitrogens with zero attached hydrogens (tertiary/aromatic N) is 2. The summed E-state index contributed by atoms with van der Waals surface area (Å²) in [5.41, 5.74) is 0.319. The van der Waals surface area contributed by atoms with Gasteiger partial charge in [0.15, 0.2) is 5.54 Å². The molecule has 1 heterocycles. The van der Waals surface area contributed by atoms with Gasteiger partial charge < -0.3 is 9.84 Å². The molecule has 1 aliphatic heterocycles. The maximum atomic E-state index is 12.5. The summed E-state index contributed by atoms with van der Waals surface area (Å²) in [6.45, 7) is 1.92. The topological polar surface area (TPSA) is 71.2 Å². The lowest BCUT2D eigenvalue weighted by Crippen LogP contribution is -2.31. The highest BCUT2D eigenvalue weighted by Crippen LogP contribution is 2.46. The molecule has 0 radical (unpaired) electrons. The number of benzene rings is 2. The Morgan fingerprint density at radius 3 is 2.04 bits per heavy atom. The predicted molar refractivity (Wildman–Crippen MR) is 84.8 cm³/mol. The fraction of sp³-hybridized carbons (Fsp3) is 0.167. The number of aliphatic hydroxyl groups excluding tert-OH is 1. The van der Waals surface area contributed by atoms with Crippen LogP contribution in [-0.4, -0.2) is 17.7 Å². The molecule has 0 aromatic heterocycles. The number of hydrogen-bond acceptors (Lipinski definition) is 5. The lowest BCUT2D eigenvalue weighted by molar-refractivity contribution is -0.139. The minimum absolute atomic E-state index is 0.0387. The Kier molecular flexibility index (Phi) is 3.93. The quantitative estimate of drug-likeness (QED) is 0.875. The number of aliphatic hydroxyl groups is 1. The first-order chi connectivity index (χ1) is 11.2. The average molecular weight is 308 g/mol. The van der Waals surface area contributed by atoms with E-state index in [-0.39, 0.29) is 12.2 Å². The van der Waals surface area contributed by atoms with Crippen molar-refractivity contribution in [2.75, 3.05) is 6.61 Å². The van der Waals surface area contributed by atoms with Crippen LogP contribution in [0.15, 0.2) is 82.3 Å². The molecule has 116 valence electrons. The summed E-state index contributed by atoms with van der Waals surface area (Å²) in [5, 5.41) is 18.2. The molecular weight excluding hydrogens is 292 g/mol. The Labute approximate surface area is 133 Å². The van der Waals surface area contributed by atoms with E-state index in [9.17, 15) is 9.90 Å². The molecule has 23 heavy (non-hydrogen) atoms. The maximum Gasteiger partial charge on any atom is 0.342 e. The zero-order valence-electron chi connectivity index (χ0n) is 12.6. The first kappa shape index (κ1) is 15.0. The number of esters is 1. The zero-order chi connectivity index (χ0) is 16.3. The molecule has 0 fully saturated rings. The van der Waals surface area contributed by atoms with Crippen LogP contribution < -0.4 is 0 Å². The Balaban J connectivity index is 2.26. The summed E-state index contributed by atoms with van der Waals surface area (Å²) in [6, 6.07) is 18.6. The molecule has 2 aromatic rings. The third-order valence-corrected chi connectivity index (χ3v) is 3.74. The molecule has 1 aliphatic rings. The first-order valence-electron chi connectivity index (χ1n) is 7.35. The summed E-state index contributed by atoms with van der Waals surface area (Å²) < 4.78 is 5.12. The third kappa shape index (κ3) is 2.40. The number of carbonyl (C=O) groups is 1. The van der Waals surface area contributed by atoms with Gasteiger partial charge in [-0.1, -0.05) is 60.7 Å². The molecule has 5 heteroatoms. The van der Waals surface area contributed by atoms with Crippen molar-refractivity contribution in [1.82, 2.24) is 0 Å². The number of rotatable bonds is 4. The smallest absolute Gasteiger partial charge is 0.342 e. The summed E-state index contributed by atoms with van der Waals surface area (Å²) in [7, 11) is 0. The van der Waals surface area contributed by atoms with E-state index >= 15 is 0 Å². The van der Waals surface area contributed by atoms with Gasteiger partial charge in [0, 0.05) is 0 Å². The zero-order valence-corrected chi connectivity index (χ0v) is 12.6. The molecule has 0 bridgehead atoms. The van der Waals surface area contributed by atoms with E-state index in [1.807, 2.05) is 60.7 Å². The van der Waals surface area contributed by atoms with E-state index in [0.717, 1.165) is 11.1 Å². The van der Waals surface area contributed by atoms with Crippen LogP contribution in [0.4, 0.5) is 0 Å². The van der Waals surface area contributed by atoms with Crippen molar-refractivity contribution in [3.05, 3.63) is 83.2 Å². The van der Waals surface area contributed by atoms with Crippen LogP contribution in [0.3, 0.4) is 0 Å². The Morgan fingerprint density at radius 1 is 1.04 bits per heavy atom. The Bertz CT molecular complexity index is 728. The Morgan fingerprint density at radius 2 is 1.57 bits per heavy atom. The molecule has 5 nitrogen and oxygen atoms in total. The highest BCUT2D eigenvalue weighted by molar-refractivity contribution is 5.93. The molecule has 0 saturated heterocycles. The SMILES string of the molecule is CCOC(=O)C1=C(O)N=NC1(c1ccccc1)c1ccccc1. The standard InChI is InChI=1S/C18H16N2O3/c1-2-23-17(22)15-16(21)19-20-18(15,13-9-5-3-6-10-13)14-11-7-4-8-12-14/h3-12,21H,2H2,1H3. The van der Waals surface area contributed by atoms with Gasteiger partial charge in [-0.15, -0.1) is 5.11 Å². The van der Waals surface area contributed by atoms with Gasteiger partial charge in [-0.25, -0.2) is 4.79 Å². The highest BCUT2D eigenvalue weighted by Gasteiger charge is 2.48. The van der Waals surface area contributed by atoms with Crippen molar-refractivity contribution in [1.29, 1.82) is 0 Å². The minimum atomic E-state index is -1.20. The molecule has 0 spiro atoms. The molecule has 1 N–H and O–H groups in total. The van der Waals surface area contributed by atoms with E-state index in [4.69, 9.17) is 4.74 Å². The summed E-state index contributed by atoms with van der Waals surface area (Å²) in [5.74, 6) is -1.03. The fourth-order valence-electron chi connectivity index (χ4n) is 2.76. The van der Waals surface area contributed by atoms with E-state index in [0.29, 0.717) is 0 Å². The van der Waals surface area contributed by atoms with Crippen molar-refractivity contribution < 1.29 is 14.6 Å². The molecule has 0 aliphatic carbocycles. The van der Waals surface area contributed by atoms with Crippen molar-refractivity contribution in [3.8, 4) is 0 Å². The van der Waals surface area contributed by atoms with Crippen molar-refractivity contribution in [3.63, 3.8) is 0 Å². The van der Waals surface area contributed by atoms with Crippen LogP contribution in [0.25, 0.3) is 0 Å². The van der Waals surface area contributed by atoms with Gasteiger partial charge in [-0.05, 0) is 18.1 Å². The van der Waals surface area contributed by atoms with Gasteiger partial charge in [0.1, 0.15) is 5.57 Å². The molecule has 0 unspecified atom stereocenters. The van der Waals surface area contributed by atoms with E-state index in [1.165, 1.54) is 0 Å². The third-order valence-electron chi connectivity index (χ3n) is 3.74. The number of carbonyl (C=O) groups excluding carboxylic acids is 1. The monoisotopic (exact) mass is 308 g/mol. The molecule has 3 rings (SSSR count). The van der Waals surface area contributed by atoms with Gasteiger partial charge in [0.25, 0.3) is 0 Å². The first-order valence-corrected chi connectivity index (χ1v) is 7.35. The van der Waals surface area contributed by atoms with Crippen LogP contribution in [0.2, 0.25) is 0 Å². The minimum Gasteiger partial charge on any atom is -0.492 e. The fourth-order valence-corrected chi connectivity index (χ4v) is 2.76. The lowest BCUT2D eigenvalue weighted by atomic mass is 9.78. The summed E-state index contributed by atoms with van der Waals surface area (Å²) in [4.78, 5) is 12.5. The maximum absolute atomic E-state index is 12.5. The van der Waals surface area contributed by atoms with E-state index in [2.05, 4.69) is 10.2 Å². The Hall–Kier alpha value is -2.95. The van der Waals surface area contributed by atoms with Crippen LogP contribution in [-0.2, 0) is 15.1 Å². The molecular formula is C18H16N2O3. The van der Waals surface area contributed by atoms with E-state index in [1.54, 1.807) is 6.92 Å². The van der Waals surface area contributed by atoms with Crippen LogP contribution in [0.5, 0.6) is 0 Å². The highest BCUT2D eigenvalue weighted by atomic mass is 16.5. The van der Waals surface area contributed by atoms with Gasteiger partial charge >= 0.3 is 5.97 Å². The second-order valence-electron chi connectivity index (χ2n) is 5.06. The van der Waals surface area contributed by atoms with Crippen LogP contribution in [0, 0.1) is 0 Å². The summed E-state index contributed by atoms with van der Waals surface area (Å²) >= 11 is 0. The van der Waals surface area contributed by atoms with Gasteiger partial charge in [0.2, 0.25) is 5.88 Å². The second kappa shape index (κ2) is 6.04. The molecule has 2 aromatic carbocycles. The van der Waals surface area contributed by atoms with Crippen molar-refractivity contribution in [2.45, 2.75) is 12.5 Å². The lowest BCUT2D eigenvalue weighted by Gasteiger charge is -2.27. The number of ether oxygens (including phenoxy) is 1.